The van der Waals surface area contributed by atoms with Gasteiger partial charge in [-0.05, 0) is 20.8 Å². The zero-order valence-corrected chi connectivity index (χ0v) is 6.23. The van der Waals surface area contributed by atoms with Gasteiger partial charge in [-0.15, -0.1) is 0 Å². The van der Waals surface area contributed by atoms with Crippen LogP contribution >= 0.6 is 0 Å². The second-order valence-corrected chi connectivity index (χ2v) is 2.67. The molecule has 0 aromatic heterocycles. The molecule has 0 saturated heterocycles. The SMILES string of the molecule is Cc1cc(C)cc(C)c1.[CaH2]. The van der Waals surface area contributed by atoms with Gasteiger partial charge in [0.2, 0.25) is 0 Å². The molecule has 0 aliphatic heterocycles. The Morgan fingerprint density at radius 2 is 0.900 bits per heavy atom. The Labute approximate surface area is 92.6 Å². The molecular formula is C9H14Ca. The second-order valence-electron chi connectivity index (χ2n) is 2.67. The molecule has 0 bridgehead atoms. The molecule has 0 radical (unpaired) electrons. The molecule has 0 heterocycles. The van der Waals surface area contributed by atoms with E-state index >= 15 is 0 Å². The molecule has 10 heavy (non-hydrogen) atoms. The standard InChI is InChI=1S/C9H12.Ca.2H/c1-7-4-8(2)6-9(3)5-7;;;/h4-6H,1-3H3;;;. The topological polar surface area (TPSA) is 0 Å². The number of benzene rings is 1. The van der Waals surface area contributed by atoms with Gasteiger partial charge in [-0.2, -0.15) is 0 Å². The van der Waals surface area contributed by atoms with Crippen molar-refractivity contribution in [2.24, 2.45) is 0 Å². The molecule has 0 fully saturated rings. The monoisotopic (exact) mass is 162 g/mol. The maximum atomic E-state index is 2.19. The van der Waals surface area contributed by atoms with Gasteiger partial charge in [0, 0.05) is 0 Å². The van der Waals surface area contributed by atoms with Crippen molar-refractivity contribution in [2.75, 3.05) is 0 Å². The number of rotatable bonds is 0. The first-order valence-electron chi connectivity index (χ1n) is 3.23. The van der Waals surface area contributed by atoms with E-state index in [0.717, 1.165) is 0 Å². The summed E-state index contributed by atoms with van der Waals surface area (Å²) in [6, 6.07) is 6.56. The third-order valence-electron chi connectivity index (χ3n) is 1.37. The van der Waals surface area contributed by atoms with Gasteiger partial charge in [0.15, 0.2) is 0 Å². The zero-order valence-electron chi connectivity index (χ0n) is 6.23. The first-order chi connectivity index (χ1) is 4.18. The molecule has 52 valence electrons. The first kappa shape index (κ1) is 10.5. The van der Waals surface area contributed by atoms with Crippen molar-refractivity contribution in [1.82, 2.24) is 0 Å². The van der Waals surface area contributed by atoms with Crippen LogP contribution in [0.25, 0.3) is 0 Å². The molecule has 1 heteroatoms. The Bertz CT molecular complexity index is 165. The number of aryl methyl sites for hydroxylation is 3. The van der Waals surface area contributed by atoms with E-state index in [0.29, 0.717) is 0 Å². The molecule has 0 N–H and O–H groups in total. The van der Waals surface area contributed by atoms with Crippen LogP contribution in [0.5, 0.6) is 0 Å². The van der Waals surface area contributed by atoms with E-state index in [1.165, 1.54) is 16.7 Å². The van der Waals surface area contributed by atoms with Crippen LogP contribution in [0, 0.1) is 20.8 Å². The van der Waals surface area contributed by atoms with Gasteiger partial charge in [-0.3, -0.25) is 0 Å². The summed E-state index contributed by atoms with van der Waals surface area (Å²) in [6.45, 7) is 6.38. The minimum atomic E-state index is 0. The van der Waals surface area contributed by atoms with Crippen LogP contribution < -0.4 is 0 Å². The van der Waals surface area contributed by atoms with Gasteiger partial charge in [-0.25, -0.2) is 0 Å². The normalized spacial score (nSPS) is 8.70. The molecule has 0 atom stereocenters. The van der Waals surface area contributed by atoms with Crippen LogP contribution in [-0.4, -0.2) is 37.7 Å². The van der Waals surface area contributed by atoms with Gasteiger partial charge in [0.1, 0.15) is 0 Å². The Balaban J connectivity index is 0.000000810. The van der Waals surface area contributed by atoms with Crippen LogP contribution in [0.15, 0.2) is 18.2 Å². The predicted octanol–water partition coefficient (Wildman–Crippen LogP) is 1.70. The van der Waals surface area contributed by atoms with Crippen molar-refractivity contribution >= 4 is 37.7 Å². The summed E-state index contributed by atoms with van der Waals surface area (Å²) in [5.74, 6) is 0. The Morgan fingerprint density at radius 1 is 0.700 bits per heavy atom. The summed E-state index contributed by atoms with van der Waals surface area (Å²) in [7, 11) is 0. The Hall–Kier alpha value is 0.480. The van der Waals surface area contributed by atoms with Gasteiger partial charge in [0.25, 0.3) is 0 Å². The van der Waals surface area contributed by atoms with Crippen LogP contribution in [-0.2, 0) is 0 Å². The van der Waals surface area contributed by atoms with E-state index < -0.39 is 0 Å². The Morgan fingerprint density at radius 3 is 1.10 bits per heavy atom. The first-order valence-corrected chi connectivity index (χ1v) is 3.23. The van der Waals surface area contributed by atoms with Crippen molar-refractivity contribution in [3.63, 3.8) is 0 Å². The van der Waals surface area contributed by atoms with Gasteiger partial charge in [0.05, 0.1) is 0 Å². The van der Waals surface area contributed by atoms with Crippen LogP contribution in [0.1, 0.15) is 16.7 Å². The maximum absolute atomic E-state index is 2.19. The molecule has 0 spiro atoms. The second kappa shape index (κ2) is 4.38. The number of hydrogen-bond acceptors (Lipinski definition) is 0. The fourth-order valence-corrected chi connectivity index (χ4v) is 1.20. The van der Waals surface area contributed by atoms with Crippen molar-refractivity contribution in [1.29, 1.82) is 0 Å². The zero-order chi connectivity index (χ0) is 6.85. The average Bonchev–Trinajstić information content (AvgIpc) is 1.59. The van der Waals surface area contributed by atoms with E-state index in [-0.39, 0.29) is 37.7 Å². The predicted molar refractivity (Wildman–Crippen MR) is 49.2 cm³/mol. The third kappa shape index (κ3) is 3.05. The summed E-state index contributed by atoms with van der Waals surface area (Å²) >= 11 is 0. The summed E-state index contributed by atoms with van der Waals surface area (Å²) in [5.41, 5.74) is 4.06. The van der Waals surface area contributed by atoms with E-state index in [1.807, 2.05) is 0 Å². The quantitative estimate of drug-likeness (QED) is 0.509. The molecule has 1 aromatic carbocycles. The van der Waals surface area contributed by atoms with Crippen LogP contribution in [0.2, 0.25) is 0 Å². The molecule has 1 aromatic rings. The molecule has 0 nitrogen and oxygen atoms in total. The van der Waals surface area contributed by atoms with Gasteiger partial charge in [-0.1, -0.05) is 34.9 Å². The fraction of sp³-hybridized carbons (Fsp3) is 0.333. The van der Waals surface area contributed by atoms with E-state index in [9.17, 15) is 0 Å². The van der Waals surface area contributed by atoms with E-state index in [2.05, 4.69) is 39.0 Å². The summed E-state index contributed by atoms with van der Waals surface area (Å²) in [5, 5.41) is 0. The number of hydrogen-bond donors (Lipinski definition) is 0. The van der Waals surface area contributed by atoms with Gasteiger partial charge >= 0.3 is 37.7 Å². The molecular weight excluding hydrogens is 148 g/mol. The summed E-state index contributed by atoms with van der Waals surface area (Å²) in [6.07, 6.45) is 0. The Kier molecular flexibility index (Phi) is 4.59. The molecule has 0 unspecified atom stereocenters. The molecule has 0 aliphatic rings. The van der Waals surface area contributed by atoms with E-state index in [4.69, 9.17) is 0 Å². The summed E-state index contributed by atoms with van der Waals surface area (Å²) < 4.78 is 0. The van der Waals surface area contributed by atoms with Crippen LogP contribution in [0.4, 0.5) is 0 Å². The van der Waals surface area contributed by atoms with E-state index in [1.54, 1.807) is 0 Å². The van der Waals surface area contributed by atoms with Crippen molar-refractivity contribution in [3.8, 4) is 0 Å². The van der Waals surface area contributed by atoms with Crippen molar-refractivity contribution in [3.05, 3.63) is 34.9 Å². The molecule has 1 rings (SSSR count). The molecule has 0 amide bonds. The minimum absolute atomic E-state index is 0. The van der Waals surface area contributed by atoms with Crippen molar-refractivity contribution in [2.45, 2.75) is 20.8 Å². The fourth-order valence-electron chi connectivity index (χ4n) is 1.20. The van der Waals surface area contributed by atoms with Gasteiger partial charge < -0.3 is 0 Å². The van der Waals surface area contributed by atoms with Crippen molar-refractivity contribution < 1.29 is 0 Å². The molecule has 0 aliphatic carbocycles. The third-order valence-corrected chi connectivity index (χ3v) is 1.37. The van der Waals surface area contributed by atoms with Crippen LogP contribution in [0.3, 0.4) is 0 Å². The summed E-state index contributed by atoms with van der Waals surface area (Å²) in [4.78, 5) is 0. The average molecular weight is 162 g/mol. The molecule has 0 saturated carbocycles.